The lowest BCUT2D eigenvalue weighted by Crippen LogP contribution is -2.07. The summed E-state index contributed by atoms with van der Waals surface area (Å²) in [5.74, 6) is -2.13. The van der Waals surface area contributed by atoms with Crippen molar-refractivity contribution in [1.29, 1.82) is 0 Å². The molecule has 4 nitrogen and oxygen atoms in total. The van der Waals surface area contributed by atoms with Crippen LogP contribution in [0.15, 0.2) is 23.8 Å². The highest BCUT2D eigenvalue weighted by Crippen LogP contribution is 2.22. The molecule has 0 aliphatic carbocycles. The molecule has 0 unspecified atom stereocenters. The summed E-state index contributed by atoms with van der Waals surface area (Å²) in [4.78, 5) is 10.7. The van der Waals surface area contributed by atoms with Crippen LogP contribution in [0.4, 0.5) is 15.8 Å². The number of rotatable bonds is 4. The van der Waals surface area contributed by atoms with Gasteiger partial charge >= 0.3 is 5.97 Å². The van der Waals surface area contributed by atoms with Gasteiger partial charge in [-0.3, -0.25) is 0 Å². The monoisotopic (exact) mass is 238 g/mol. The van der Waals surface area contributed by atoms with Crippen LogP contribution in [0.2, 0.25) is 0 Å². The van der Waals surface area contributed by atoms with E-state index >= 15 is 0 Å². The molecule has 0 saturated carbocycles. The molecule has 0 aliphatic heterocycles. The van der Waals surface area contributed by atoms with Crippen LogP contribution in [0.1, 0.15) is 24.2 Å². The molecule has 4 N–H and O–H groups in total. The predicted molar refractivity (Wildman–Crippen MR) is 65.7 cm³/mol. The molecule has 1 rings (SSSR count). The largest absolute Gasteiger partial charge is 0.478 e. The molecule has 0 radical (unpaired) electrons. The Labute approximate surface area is 98.9 Å². The number of benzene rings is 1. The molecule has 0 fully saturated rings. The van der Waals surface area contributed by atoms with Crippen molar-refractivity contribution >= 4 is 17.3 Å². The fraction of sp³-hybridized carbons (Fsp3) is 0.250. The standard InChI is InChI=1S/C12H15FN2O2/c1-7(2)3-4-15-11-6-9(13)8(12(16)17)5-10(11)14/h3,5-6,15H,4,14H2,1-2H3,(H,16,17). The second-order valence-corrected chi connectivity index (χ2v) is 3.89. The fourth-order valence-electron chi connectivity index (χ4n) is 1.27. The minimum atomic E-state index is -1.33. The van der Waals surface area contributed by atoms with Gasteiger partial charge in [0.05, 0.1) is 16.9 Å². The van der Waals surface area contributed by atoms with E-state index in [0.717, 1.165) is 17.7 Å². The van der Waals surface area contributed by atoms with E-state index in [1.807, 2.05) is 19.9 Å². The number of nitrogen functional groups attached to an aromatic ring is 1. The number of anilines is 2. The molecule has 0 saturated heterocycles. The minimum absolute atomic E-state index is 0.214. The van der Waals surface area contributed by atoms with Crippen molar-refractivity contribution in [3.63, 3.8) is 0 Å². The zero-order valence-corrected chi connectivity index (χ0v) is 9.75. The van der Waals surface area contributed by atoms with E-state index in [1.165, 1.54) is 0 Å². The first-order valence-corrected chi connectivity index (χ1v) is 5.11. The third kappa shape index (κ3) is 3.48. The highest BCUT2D eigenvalue weighted by Gasteiger charge is 2.13. The highest BCUT2D eigenvalue weighted by molar-refractivity contribution is 5.90. The number of aromatic carboxylic acids is 1. The molecule has 1 aromatic carbocycles. The van der Waals surface area contributed by atoms with E-state index in [1.54, 1.807) is 0 Å². The number of nitrogens with one attached hydrogen (secondary N) is 1. The maximum atomic E-state index is 13.4. The number of halogens is 1. The lowest BCUT2D eigenvalue weighted by molar-refractivity contribution is 0.0692. The topological polar surface area (TPSA) is 75.3 Å². The van der Waals surface area contributed by atoms with Gasteiger partial charge in [-0.1, -0.05) is 11.6 Å². The molecule has 0 spiro atoms. The Morgan fingerprint density at radius 1 is 1.53 bits per heavy atom. The molecular weight excluding hydrogens is 223 g/mol. The summed E-state index contributed by atoms with van der Waals surface area (Å²) in [6.45, 7) is 4.40. The van der Waals surface area contributed by atoms with Crippen molar-refractivity contribution < 1.29 is 14.3 Å². The number of hydrogen-bond donors (Lipinski definition) is 3. The van der Waals surface area contributed by atoms with Crippen LogP contribution in [0.25, 0.3) is 0 Å². The maximum Gasteiger partial charge on any atom is 0.338 e. The third-order valence-corrected chi connectivity index (χ3v) is 2.17. The van der Waals surface area contributed by atoms with Gasteiger partial charge in [0, 0.05) is 6.54 Å². The number of carboxylic acid groups (broad SMARTS) is 1. The zero-order chi connectivity index (χ0) is 13.0. The van der Waals surface area contributed by atoms with Gasteiger partial charge in [0.2, 0.25) is 0 Å². The van der Waals surface area contributed by atoms with Gasteiger partial charge in [0.25, 0.3) is 0 Å². The van der Waals surface area contributed by atoms with Crippen LogP contribution in [0.5, 0.6) is 0 Å². The normalized spacial score (nSPS) is 9.82. The van der Waals surface area contributed by atoms with Crippen LogP contribution in [-0.2, 0) is 0 Å². The van der Waals surface area contributed by atoms with Crippen molar-refractivity contribution in [3.8, 4) is 0 Å². The summed E-state index contributed by atoms with van der Waals surface area (Å²) in [5, 5.41) is 11.6. The van der Waals surface area contributed by atoms with Crippen molar-refractivity contribution in [2.45, 2.75) is 13.8 Å². The average molecular weight is 238 g/mol. The van der Waals surface area contributed by atoms with Crippen molar-refractivity contribution in [2.24, 2.45) is 0 Å². The second kappa shape index (κ2) is 5.34. The van der Waals surface area contributed by atoms with Gasteiger partial charge in [-0.05, 0) is 26.0 Å². The fourth-order valence-corrected chi connectivity index (χ4v) is 1.27. The van der Waals surface area contributed by atoms with Gasteiger partial charge in [-0.15, -0.1) is 0 Å². The quantitative estimate of drug-likeness (QED) is 0.556. The van der Waals surface area contributed by atoms with Crippen molar-refractivity contribution in [2.75, 3.05) is 17.6 Å². The lowest BCUT2D eigenvalue weighted by Gasteiger charge is -2.09. The molecule has 17 heavy (non-hydrogen) atoms. The summed E-state index contributed by atoms with van der Waals surface area (Å²) in [5.41, 5.74) is 6.94. The van der Waals surface area contributed by atoms with Gasteiger partial charge in [-0.2, -0.15) is 0 Å². The molecule has 92 valence electrons. The number of carbonyl (C=O) groups is 1. The number of hydrogen-bond acceptors (Lipinski definition) is 3. The Bertz CT molecular complexity index is 466. The number of carboxylic acids is 1. The molecular formula is C12H15FN2O2. The molecule has 0 aliphatic rings. The Kier molecular flexibility index (Phi) is 4.09. The number of nitrogens with two attached hydrogens (primary N) is 1. The Hall–Kier alpha value is -2.04. The van der Waals surface area contributed by atoms with E-state index < -0.39 is 17.3 Å². The molecule has 0 aromatic heterocycles. The van der Waals surface area contributed by atoms with Crippen molar-refractivity contribution in [1.82, 2.24) is 0 Å². The lowest BCUT2D eigenvalue weighted by atomic mass is 10.1. The maximum absolute atomic E-state index is 13.4. The second-order valence-electron chi connectivity index (χ2n) is 3.89. The summed E-state index contributed by atoms with van der Waals surface area (Å²) >= 11 is 0. The minimum Gasteiger partial charge on any atom is -0.478 e. The average Bonchev–Trinajstić information content (AvgIpc) is 2.21. The first-order valence-electron chi connectivity index (χ1n) is 5.11. The van der Waals surface area contributed by atoms with E-state index in [2.05, 4.69) is 5.32 Å². The molecule has 5 heteroatoms. The summed E-state index contributed by atoms with van der Waals surface area (Å²) < 4.78 is 13.4. The molecule has 1 aromatic rings. The van der Waals surface area contributed by atoms with Gasteiger partial charge in [0.15, 0.2) is 0 Å². The van der Waals surface area contributed by atoms with E-state index in [4.69, 9.17) is 10.8 Å². The van der Waals surface area contributed by atoms with E-state index in [0.29, 0.717) is 12.2 Å². The SMILES string of the molecule is CC(C)=CCNc1cc(F)c(C(=O)O)cc1N. The predicted octanol–water partition coefficient (Wildman–Crippen LogP) is 2.48. The smallest absolute Gasteiger partial charge is 0.338 e. The van der Waals surface area contributed by atoms with Crippen LogP contribution in [0.3, 0.4) is 0 Å². The molecule has 0 atom stereocenters. The molecule has 0 heterocycles. The van der Waals surface area contributed by atoms with E-state index in [-0.39, 0.29) is 5.69 Å². The Balaban J connectivity index is 2.92. The highest BCUT2D eigenvalue weighted by atomic mass is 19.1. The molecule has 0 bridgehead atoms. The first kappa shape index (κ1) is 13.0. The van der Waals surface area contributed by atoms with Gasteiger partial charge in [0.1, 0.15) is 5.82 Å². The van der Waals surface area contributed by atoms with Crippen LogP contribution in [0, 0.1) is 5.82 Å². The van der Waals surface area contributed by atoms with Crippen LogP contribution in [-0.4, -0.2) is 17.6 Å². The summed E-state index contributed by atoms with van der Waals surface area (Å²) in [6.07, 6.45) is 1.92. The number of allylic oxidation sites excluding steroid dienone is 1. The van der Waals surface area contributed by atoms with Crippen LogP contribution >= 0.6 is 0 Å². The summed E-state index contributed by atoms with van der Waals surface area (Å²) in [6, 6.07) is 2.21. The molecule has 0 amide bonds. The first-order chi connectivity index (χ1) is 7.91. The third-order valence-electron chi connectivity index (χ3n) is 2.17. The van der Waals surface area contributed by atoms with E-state index in [9.17, 15) is 9.18 Å². The van der Waals surface area contributed by atoms with Crippen molar-refractivity contribution in [3.05, 3.63) is 35.2 Å². The van der Waals surface area contributed by atoms with Gasteiger partial charge < -0.3 is 16.2 Å². The van der Waals surface area contributed by atoms with Crippen LogP contribution < -0.4 is 11.1 Å². The summed E-state index contributed by atoms with van der Waals surface area (Å²) in [7, 11) is 0. The Morgan fingerprint density at radius 2 is 2.18 bits per heavy atom. The Morgan fingerprint density at radius 3 is 2.71 bits per heavy atom. The zero-order valence-electron chi connectivity index (χ0n) is 9.75. The van der Waals surface area contributed by atoms with Gasteiger partial charge in [-0.25, -0.2) is 9.18 Å².